The number of ether oxygens (including phenoxy) is 6. The third-order valence-corrected chi connectivity index (χ3v) is 16.6. The highest BCUT2D eigenvalue weighted by atomic mass is 16.8. The molecule has 19 atom stereocenters. The average molecular weight is 1190 g/mol. The van der Waals surface area contributed by atoms with Crippen molar-refractivity contribution < 1.29 is 93.9 Å². The highest BCUT2D eigenvalue weighted by Gasteiger charge is 2.55. The molecule has 0 aliphatic carbocycles. The summed E-state index contributed by atoms with van der Waals surface area (Å²) in [6.45, 7) is 8.08. The van der Waals surface area contributed by atoms with Crippen LogP contribution in [0.3, 0.4) is 0 Å². The maximum absolute atomic E-state index is 13.8. The molecule has 13 N–H and O–H groups in total. The first-order valence-corrected chi connectivity index (χ1v) is 32.2. The summed E-state index contributed by atoms with van der Waals surface area (Å²) in [7, 11) is 0. The largest absolute Gasteiger partial charge is 0.394 e. The Bertz CT molecular complexity index is 1710. The zero-order valence-corrected chi connectivity index (χ0v) is 51.3. The summed E-state index contributed by atoms with van der Waals surface area (Å²) >= 11 is 0. The Morgan fingerprint density at radius 3 is 1.42 bits per heavy atom. The van der Waals surface area contributed by atoms with Crippen molar-refractivity contribution in [2.24, 2.45) is 5.92 Å². The van der Waals surface area contributed by atoms with Gasteiger partial charge in [0.25, 0.3) is 0 Å². The molecule has 3 heterocycles. The van der Waals surface area contributed by atoms with Gasteiger partial charge in [-0.3, -0.25) is 14.4 Å². The van der Waals surface area contributed by atoms with Gasteiger partial charge in [-0.15, -0.1) is 0 Å². The highest BCUT2D eigenvalue weighted by Crippen LogP contribution is 2.34. The molecule has 3 aliphatic heterocycles. The first-order chi connectivity index (χ1) is 39.7. The summed E-state index contributed by atoms with van der Waals surface area (Å²) in [6.07, 6.45) is 5.16. The maximum atomic E-state index is 13.8. The van der Waals surface area contributed by atoms with Crippen LogP contribution < -0.4 is 16.0 Å². The van der Waals surface area contributed by atoms with Gasteiger partial charge < -0.3 is 95.4 Å². The topological polar surface area (TPSA) is 345 Å². The van der Waals surface area contributed by atoms with Crippen LogP contribution in [0, 0.1) is 5.92 Å². The number of hydrogen-bond donors (Lipinski definition) is 13. The van der Waals surface area contributed by atoms with Crippen molar-refractivity contribution in [2.75, 3.05) is 19.8 Å². The Kier molecular flexibility index (Phi) is 38.5. The van der Waals surface area contributed by atoms with Gasteiger partial charge in [0.2, 0.25) is 17.7 Å². The van der Waals surface area contributed by atoms with Gasteiger partial charge in [-0.25, -0.2) is 0 Å². The molecule has 0 aromatic rings. The highest BCUT2D eigenvalue weighted by molar-refractivity contribution is 5.80. The van der Waals surface area contributed by atoms with E-state index < -0.39 is 154 Å². The predicted octanol–water partition coefficient (Wildman–Crippen LogP) is 4.32. The van der Waals surface area contributed by atoms with Gasteiger partial charge in [-0.05, 0) is 25.7 Å². The number of unbranched alkanes of at least 4 members (excludes halogenated alkanes) is 24. The van der Waals surface area contributed by atoms with Gasteiger partial charge in [-0.2, -0.15) is 0 Å². The van der Waals surface area contributed by atoms with E-state index in [0.717, 1.165) is 71.6 Å². The van der Waals surface area contributed by atoms with Crippen LogP contribution in [0.4, 0.5) is 0 Å². The zero-order valence-electron chi connectivity index (χ0n) is 51.3. The molecule has 3 rings (SSSR count). The molecule has 3 fully saturated rings. The first kappa shape index (κ1) is 75.0. The number of hydrogen-bond acceptors (Lipinski definition) is 19. The van der Waals surface area contributed by atoms with Gasteiger partial charge in [-0.1, -0.05) is 194 Å². The minimum Gasteiger partial charge on any atom is -0.394 e. The van der Waals surface area contributed by atoms with E-state index in [1.54, 1.807) is 0 Å². The van der Waals surface area contributed by atoms with E-state index in [0.29, 0.717) is 18.8 Å². The summed E-state index contributed by atoms with van der Waals surface area (Å²) in [6, 6.07) is -4.44. The second-order valence-corrected chi connectivity index (χ2v) is 24.4. The number of amides is 3. The molecule has 83 heavy (non-hydrogen) atoms. The van der Waals surface area contributed by atoms with Crippen molar-refractivity contribution >= 4 is 17.7 Å². The molecule has 0 unspecified atom stereocenters. The van der Waals surface area contributed by atoms with Gasteiger partial charge in [0, 0.05) is 13.8 Å². The Morgan fingerprint density at radius 2 is 0.940 bits per heavy atom. The summed E-state index contributed by atoms with van der Waals surface area (Å²) < 4.78 is 36.9. The van der Waals surface area contributed by atoms with Gasteiger partial charge in [0.05, 0.1) is 38.1 Å². The molecule has 0 aromatic carbocycles. The lowest BCUT2D eigenvalue weighted by Crippen LogP contribution is -2.71. The van der Waals surface area contributed by atoms with Crippen LogP contribution in [0.2, 0.25) is 0 Å². The van der Waals surface area contributed by atoms with Crippen LogP contribution in [-0.2, 0) is 42.8 Å². The number of aliphatic hydroxyl groups is 10. The maximum Gasteiger partial charge on any atom is 0.249 e. The lowest BCUT2D eigenvalue weighted by molar-refractivity contribution is -0.366. The molecule has 3 aliphatic rings. The lowest BCUT2D eigenvalue weighted by atomic mass is 9.93. The van der Waals surface area contributed by atoms with Crippen molar-refractivity contribution in [3.63, 3.8) is 0 Å². The molecule has 0 radical (unpaired) electrons. The van der Waals surface area contributed by atoms with Crippen LogP contribution in [0.5, 0.6) is 0 Å². The van der Waals surface area contributed by atoms with Crippen LogP contribution in [0.1, 0.15) is 228 Å². The van der Waals surface area contributed by atoms with Crippen molar-refractivity contribution in [2.45, 2.75) is 344 Å². The van der Waals surface area contributed by atoms with E-state index in [2.05, 4.69) is 36.7 Å². The van der Waals surface area contributed by atoms with Crippen molar-refractivity contribution in [1.29, 1.82) is 0 Å². The van der Waals surface area contributed by atoms with Crippen LogP contribution >= 0.6 is 0 Å². The smallest absolute Gasteiger partial charge is 0.249 e. The third-order valence-electron chi connectivity index (χ3n) is 16.6. The zero-order chi connectivity index (χ0) is 61.3. The molecule has 3 amide bonds. The Morgan fingerprint density at radius 1 is 0.494 bits per heavy atom. The Hall–Kier alpha value is -2.23. The summed E-state index contributed by atoms with van der Waals surface area (Å²) in [5, 5.41) is 118. The van der Waals surface area contributed by atoms with Gasteiger partial charge in [0.1, 0.15) is 79.2 Å². The Labute approximate surface area is 495 Å². The summed E-state index contributed by atoms with van der Waals surface area (Å²) in [5.74, 6) is -1.49. The molecule has 22 nitrogen and oxygen atoms in total. The second kappa shape index (κ2) is 42.6. The van der Waals surface area contributed by atoms with Crippen molar-refractivity contribution in [1.82, 2.24) is 16.0 Å². The molecule has 0 bridgehead atoms. The Balaban J connectivity index is 1.79. The SMILES string of the molecule is CCCCCCCCCCCCCCCCCCC[C@@H](O)C(=O)N[C@@H](CO[C@@H]1O[C@H](CO)[C@@H](O[C@@H]2O[C@H](CO)[C@H](O)[C@H](O)[C@H]2NC(C)=O)[C@H](O[C@H]2O[C@H](C)[C@H](O)[C@H](O)[C@H]2O)[C@H]1NC(C)=O)[C@H](O)[C@H](O)CCCCCCCCCCCC(C)C. The fraction of sp³-hybridized carbons (Fsp3) is 0.951. The van der Waals surface area contributed by atoms with Crippen LogP contribution in [0.15, 0.2) is 0 Å². The van der Waals surface area contributed by atoms with E-state index in [4.69, 9.17) is 28.4 Å². The van der Waals surface area contributed by atoms with E-state index in [1.807, 2.05) is 0 Å². The molecule has 0 saturated carbocycles. The van der Waals surface area contributed by atoms with Crippen molar-refractivity contribution in [3.05, 3.63) is 0 Å². The first-order valence-electron chi connectivity index (χ1n) is 32.2. The summed E-state index contributed by atoms with van der Waals surface area (Å²) in [5.41, 5.74) is 0. The number of carbonyl (C=O) groups excluding carboxylic acids is 3. The molecule has 0 aromatic heterocycles. The minimum atomic E-state index is -1.92. The molecule has 0 spiro atoms. The molecular formula is C61H115N3O19. The summed E-state index contributed by atoms with van der Waals surface area (Å²) in [4.78, 5) is 39.3. The van der Waals surface area contributed by atoms with Crippen LogP contribution in [-0.4, -0.2) is 205 Å². The van der Waals surface area contributed by atoms with E-state index in [1.165, 1.54) is 110 Å². The lowest BCUT2D eigenvalue weighted by Gasteiger charge is -2.50. The molecular weight excluding hydrogens is 1080 g/mol. The fourth-order valence-electron chi connectivity index (χ4n) is 11.4. The molecule has 488 valence electrons. The number of carbonyl (C=O) groups is 3. The quantitative estimate of drug-likeness (QED) is 0.0378. The van der Waals surface area contributed by atoms with Gasteiger partial charge in [0.15, 0.2) is 18.9 Å². The van der Waals surface area contributed by atoms with E-state index in [9.17, 15) is 65.4 Å². The number of rotatable bonds is 45. The number of nitrogens with one attached hydrogen (secondary N) is 3. The average Bonchev–Trinajstić information content (AvgIpc) is 3.47. The normalized spacial score (nSPS) is 30.0. The standard InChI is InChI=1S/C61H115N3O19/c1-7-8-9-10-11-12-13-14-15-16-17-18-19-22-26-29-32-35-45(70)58(77)64-43(51(72)44(69)34-31-28-25-23-20-21-24-27-30-33-39(2)3)38-78-59-49(63-42(6)68)57(83-61-55(76)54(75)50(71)40(4)79-61)56(47(37-66)81-59)82-60-48(62-41(5)67)53(74)52(73)46(36-65)80-60/h39-40,43-57,59-61,65-66,69-76H,7-38H2,1-6H3,(H,62,67)(H,63,68)(H,64,77)/t40-,43+,44-,45-,46-,47-,48-,49-,50+,51+,52+,53-,54+,55-,56-,57-,59-,60+,61-/m1/s1. The number of aliphatic hydroxyl groups excluding tert-OH is 10. The van der Waals surface area contributed by atoms with E-state index in [-0.39, 0.29) is 12.8 Å². The van der Waals surface area contributed by atoms with E-state index >= 15 is 0 Å². The predicted molar refractivity (Wildman–Crippen MR) is 311 cm³/mol. The monoisotopic (exact) mass is 1190 g/mol. The van der Waals surface area contributed by atoms with Crippen molar-refractivity contribution in [3.8, 4) is 0 Å². The molecule has 3 saturated heterocycles. The fourth-order valence-corrected chi connectivity index (χ4v) is 11.4. The van der Waals surface area contributed by atoms with Gasteiger partial charge >= 0.3 is 0 Å². The molecule has 22 heteroatoms. The minimum absolute atomic E-state index is 0.144. The third kappa shape index (κ3) is 27.8. The van der Waals surface area contributed by atoms with Crippen LogP contribution in [0.25, 0.3) is 0 Å². The second-order valence-electron chi connectivity index (χ2n) is 24.4.